The minimum atomic E-state index is -3.55. The summed E-state index contributed by atoms with van der Waals surface area (Å²) in [6.07, 6.45) is -0.438. The average Bonchev–Trinajstić information content (AvgIpc) is 2.63. The second kappa shape index (κ2) is 5.07. The molecule has 0 spiro atoms. The van der Waals surface area contributed by atoms with Gasteiger partial charge >= 0.3 is 0 Å². The number of rotatable bonds is 2. The molecule has 1 saturated heterocycles. The minimum Gasteiger partial charge on any atom is -0.360 e. The van der Waals surface area contributed by atoms with Crippen LogP contribution in [0.3, 0.4) is 0 Å². The van der Waals surface area contributed by atoms with Gasteiger partial charge in [-0.2, -0.15) is 4.31 Å². The normalized spacial score (nSPS) is 23.4. The number of hydrogen-bond donors (Lipinski definition) is 0. The van der Waals surface area contributed by atoms with Gasteiger partial charge in [-0.25, -0.2) is 8.42 Å². The van der Waals surface area contributed by atoms with E-state index < -0.39 is 21.8 Å². The van der Waals surface area contributed by atoms with Crippen molar-refractivity contribution in [3.05, 3.63) is 29.8 Å². The minimum absolute atomic E-state index is 0.00557. The third kappa shape index (κ3) is 3.00. The van der Waals surface area contributed by atoms with E-state index in [0.717, 1.165) is 5.56 Å². The van der Waals surface area contributed by atoms with Gasteiger partial charge in [0.1, 0.15) is 6.23 Å². The molecule has 0 saturated carbocycles. The molecule has 5 heteroatoms. The highest BCUT2D eigenvalue weighted by Gasteiger charge is 2.46. The van der Waals surface area contributed by atoms with E-state index in [-0.39, 0.29) is 5.41 Å². The first-order chi connectivity index (χ1) is 9.46. The van der Waals surface area contributed by atoms with Gasteiger partial charge in [0.25, 0.3) is 0 Å². The number of hydrogen-bond acceptors (Lipinski definition) is 3. The molecule has 1 unspecified atom stereocenters. The van der Waals surface area contributed by atoms with E-state index in [0.29, 0.717) is 11.5 Å². The molecule has 1 aromatic carbocycles. The summed E-state index contributed by atoms with van der Waals surface area (Å²) < 4.78 is 32.7. The molecule has 118 valence electrons. The molecule has 4 nitrogen and oxygen atoms in total. The van der Waals surface area contributed by atoms with Crippen molar-refractivity contribution in [3.63, 3.8) is 0 Å². The third-order valence-electron chi connectivity index (χ3n) is 3.88. The van der Waals surface area contributed by atoms with Crippen LogP contribution >= 0.6 is 0 Å². The Labute approximate surface area is 128 Å². The molecule has 21 heavy (non-hydrogen) atoms. The summed E-state index contributed by atoms with van der Waals surface area (Å²) in [6, 6.07) is 7.16. The lowest BCUT2D eigenvalue weighted by atomic mass is 9.87. The van der Waals surface area contributed by atoms with Crippen molar-refractivity contribution in [1.29, 1.82) is 0 Å². The quantitative estimate of drug-likeness (QED) is 0.843. The highest BCUT2D eigenvalue weighted by molar-refractivity contribution is 7.89. The van der Waals surface area contributed by atoms with E-state index in [1.54, 1.807) is 19.1 Å². The van der Waals surface area contributed by atoms with E-state index in [4.69, 9.17) is 4.74 Å². The topological polar surface area (TPSA) is 46.6 Å². The molecular weight excluding hydrogens is 286 g/mol. The van der Waals surface area contributed by atoms with Crippen molar-refractivity contribution in [1.82, 2.24) is 4.31 Å². The van der Waals surface area contributed by atoms with Crippen molar-refractivity contribution in [3.8, 4) is 0 Å². The summed E-state index contributed by atoms with van der Waals surface area (Å²) in [5.74, 6) is 0. The fraction of sp³-hybridized carbons (Fsp3) is 0.625. The van der Waals surface area contributed by atoms with Crippen molar-refractivity contribution in [2.75, 3.05) is 6.61 Å². The highest BCUT2D eigenvalue weighted by atomic mass is 32.2. The van der Waals surface area contributed by atoms with Crippen LogP contribution in [0.15, 0.2) is 29.2 Å². The zero-order valence-corrected chi connectivity index (χ0v) is 14.5. The summed E-state index contributed by atoms with van der Waals surface area (Å²) in [4.78, 5) is 0.320. The SMILES string of the molecule is CC1OCC(C)(C)N1S(=O)(=O)c1ccc(C(C)(C)C)cc1. The molecule has 1 heterocycles. The molecule has 0 aliphatic carbocycles. The van der Waals surface area contributed by atoms with Gasteiger partial charge in [0, 0.05) is 0 Å². The van der Waals surface area contributed by atoms with Gasteiger partial charge in [0.05, 0.1) is 17.0 Å². The predicted molar refractivity (Wildman–Crippen MR) is 83.7 cm³/mol. The molecule has 1 aliphatic heterocycles. The monoisotopic (exact) mass is 311 g/mol. The molecule has 1 aromatic rings. The Hall–Kier alpha value is -0.910. The number of nitrogens with zero attached hydrogens (tertiary/aromatic N) is 1. The first-order valence-corrected chi connectivity index (χ1v) is 8.67. The van der Waals surface area contributed by atoms with E-state index in [9.17, 15) is 8.42 Å². The van der Waals surface area contributed by atoms with Crippen LogP contribution in [0.25, 0.3) is 0 Å². The Morgan fingerprint density at radius 3 is 2.10 bits per heavy atom. The summed E-state index contributed by atoms with van der Waals surface area (Å²) >= 11 is 0. The van der Waals surface area contributed by atoms with Gasteiger partial charge in [-0.1, -0.05) is 32.9 Å². The zero-order chi connectivity index (χ0) is 16.1. The van der Waals surface area contributed by atoms with E-state index in [1.807, 2.05) is 26.0 Å². The Morgan fingerprint density at radius 1 is 1.19 bits per heavy atom. The largest absolute Gasteiger partial charge is 0.360 e. The van der Waals surface area contributed by atoms with Crippen molar-refractivity contribution < 1.29 is 13.2 Å². The molecule has 1 fully saturated rings. The van der Waals surface area contributed by atoms with Gasteiger partial charge in [0.2, 0.25) is 10.0 Å². The van der Waals surface area contributed by atoms with Crippen molar-refractivity contribution >= 4 is 10.0 Å². The Morgan fingerprint density at radius 2 is 1.71 bits per heavy atom. The van der Waals surface area contributed by atoms with Crippen LogP contribution < -0.4 is 0 Å². The standard InChI is InChI=1S/C16H25NO3S/c1-12-17(16(5,6)11-20-12)21(18,19)14-9-7-13(8-10-14)15(2,3)4/h7-10,12H,11H2,1-6H3. The Kier molecular flexibility index (Phi) is 3.98. The average molecular weight is 311 g/mol. The number of sulfonamides is 1. The van der Waals surface area contributed by atoms with Gasteiger partial charge in [0.15, 0.2) is 0 Å². The maximum Gasteiger partial charge on any atom is 0.245 e. The maximum absolute atomic E-state index is 12.9. The molecule has 0 amide bonds. The third-order valence-corrected chi connectivity index (χ3v) is 6.06. The summed E-state index contributed by atoms with van der Waals surface area (Å²) in [5, 5.41) is 0. The van der Waals surface area contributed by atoms with Gasteiger partial charge in [-0.3, -0.25) is 0 Å². The molecule has 1 aliphatic rings. The predicted octanol–water partition coefficient (Wildman–Crippen LogP) is 3.13. The van der Waals surface area contributed by atoms with Crippen LogP contribution in [0.4, 0.5) is 0 Å². The Balaban J connectivity index is 2.41. The van der Waals surface area contributed by atoms with Crippen LogP contribution in [0, 0.1) is 0 Å². The highest BCUT2D eigenvalue weighted by Crippen LogP contribution is 2.34. The van der Waals surface area contributed by atoms with Crippen LogP contribution in [-0.2, 0) is 20.2 Å². The summed E-state index contributed by atoms with van der Waals surface area (Å²) in [7, 11) is -3.55. The lowest BCUT2D eigenvalue weighted by Gasteiger charge is -2.31. The van der Waals surface area contributed by atoms with Crippen molar-refractivity contribution in [2.24, 2.45) is 0 Å². The van der Waals surface area contributed by atoms with Gasteiger partial charge < -0.3 is 4.74 Å². The lowest BCUT2D eigenvalue weighted by Crippen LogP contribution is -2.47. The first kappa shape index (κ1) is 16.5. The molecule has 0 aromatic heterocycles. The second-order valence-electron chi connectivity index (χ2n) is 7.30. The smallest absolute Gasteiger partial charge is 0.245 e. The zero-order valence-electron chi connectivity index (χ0n) is 13.7. The maximum atomic E-state index is 12.9. The van der Waals surface area contributed by atoms with Crippen LogP contribution in [0.5, 0.6) is 0 Å². The number of ether oxygens (including phenoxy) is 1. The Bertz CT molecular complexity index is 612. The van der Waals surface area contributed by atoms with Gasteiger partial charge in [-0.05, 0) is 43.9 Å². The summed E-state index contributed by atoms with van der Waals surface area (Å²) in [6.45, 7) is 12.3. The number of benzene rings is 1. The second-order valence-corrected chi connectivity index (χ2v) is 9.11. The molecule has 0 N–H and O–H groups in total. The molecule has 0 radical (unpaired) electrons. The lowest BCUT2D eigenvalue weighted by molar-refractivity contribution is 0.0843. The van der Waals surface area contributed by atoms with E-state index in [2.05, 4.69) is 20.8 Å². The fourth-order valence-corrected chi connectivity index (χ4v) is 4.57. The van der Waals surface area contributed by atoms with E-state index >= 15 is 0 Å². The molecule has 1 atom stereocenters. The fourth-order valence-electron chi connectivity index (χ4n) is 2.71. The van der Waals surface area contributed by atoms with Crippen LogP contribution in [0.2, 0.25) is 0 Å². The molecular formula is C16H25NO3S. The molecule has 0 bridgehead atoms. The van der Waals surface area contributed by atoms with E-state index in [1.165, 1.54) is 4.31 Å². The van der Waals surface area contributed by atoms with Crippen LogP contribution in [0.1, 0.15) is 47.1 Å². The van der Waals surface area contributed by atoms with Crippen molar-refractivity contribution in [2.45, 2.75) is 63.6 Å². The van der Waals surface area contributed by atoms with Gasteiger partial charge in [-0.15, -0.1) is 0 Å². The van der Waals surface area contributed by atoms with Crippen LogP contribution in [-0.4, -0.2) is 31.1 Å². The first-order valence-electron chi connectivity index (χ1n) is 7.23. The summed E-state index contributed by atoms with van der Waals surface area (Å²) in [5.41, 5.74) is 0.596. The molecule has 2 rings (SSSR count).